The molecule has 0 N–H and O–H groups in total. The molecule has 0 amide bonds. The van der Waals surface area contributed by atoms with Crippen LogP contribution in [-0.2, 0) is 32.1 Å². The van der Waals surface area contributed by atoms with Crippen molar-refractivity contribution in [2.75, 3.05) is 14.2 Å². The maximum Gasteiger partial charge on any atom is 0.311 e. The number of esters is 1. The van der Waals surface area contributed by atoms with E-state index in [1.54, 1.807) is 21.0 Å². The maximum absolute atomic E-state index is 12.9. The van der Waals surface area contributed by atoms with Gasteiger partial charge in [-0.3, -0.25) is 9.59 Å². The summed E-state index contributed by atoms with van der Waals surface area (Å²) in [5, 5.41) is 0. The van der Waals surface area contributed by atoms with Crippen LogP contribution in [0.25, 0.3) is 0 Å². The standard InChI is InChI=1S/C23H28O5/c1-16(21(24)14-18-10-12-20(26-3)13-11-18)22(17(2)23(25)27-4)28-15-19-8-6-5-7-9-19/h5-13,16-17,22H,14-15H2,1-4H3/t16-,17-,22-/m1/s1. The highest BCUT2D eigenvalue weighted by Gasteiger charge is 2.34. The molecule has 0 aromatic heterocycles. The lowest BCUT2D eigenvalue weighted by Crippen LogP contribution is -2.38. The number of carbonyl (C=O) groups is 2. The van der Waals surface area contributed by atoms with Gasteiger partial charge in [-0.1, -0.05) is 49.4 Å². The van der Waals surface area contributed by atoms with Crippen molar-refractivity contribution in [2.45, 2.75) is 33.0 Å². The van der Waals surface area contributed by atoms with E-state index in [0.717, 1.165) is 16.9 Å². The van der Waals surface area contributed by atoms with E-state index in [-0.39, 0.29) is 18.2 Å². The minimum absolute atomic E-state index is 0.0129. The Morgan fingerprint density at radius 2 is 1.50 bits per heavy atom. The van der Waals surface area contributed by atoms with Crippen molar-refractivity contribution in [3.05, 3.63) is 65.7 Å². The number of ketones is 1. The zero-order valence-corrected chi connectivity index (χ0v) is 16.9. The molecule has 5 nitrogen and oxygen atoms in total. The van der Waals surface area contributed by atoms with Crippen molar-refractivity contribution in [3.8, 4) is 5.75 Å². The molecular weight excluding hydrogens is 356 g/mol. The second-order valence-electron chi connectivity index (χ2n) is 6.85. The van der Waals surface area contributed by atoms with Gasteiger partial charge in [-0.25, -0.2) is 0 Å². The van der Waals surface area contributed by atoms with Crippen LogP contribution in [0.15, 0.2) is 54.6 Å². The molecule has 0 radical (unpaired) electrons. The molecule has 0 saturated heterocycles. The van der Waals surface area contributed by atoms with Crippen molar-refractivity contribution in [1.82, 2.24) is 0 Å². The third kappa shape index (κ3) is 5.92. The number of ether oxygens (including phenoxy) is 3. The van der Waals surface area contributed by atoms with E-state index in [1.165, 1.54) is 7.11 Å². The second kappa shape index (κ2) is 10.6. The molecule has 0 heterocycles. The number of methoxy groups -OCH3 is 2. The fraction of sp³-hybridized carbons (Fsp3) is 0.391. The van der Waals surface area contributed by atoms with E-state index in [2.05, 4.69) is 0 Å². The van der Waals surface area contributed by atoms with E-state index < -0.39 is 17.9 Å². The monoisotopic (exact) mass is 384 g/mol. The Labute approximate surface area is 166 Å². The molecule has 2 rings (SSSR count). The molecule has 2 aromatic carbocycles. The number of carbonyl (C=O) groups excluding carboxylic acids is 2. The average molecular weight is 384 g/mol. The Kier molecular flexibility index (Phi) is 8.20. The van der Waals surface area contributed by atoms with Gasteiger partial charge in [0.25, 0.3) is 0 Å². The Balaban J connectivity index is 2.10. The highest BCUT2D eigenvalue weighted by molar-refractivity contribution is 5.84. The highest BCUT2D eigenvalue weighted by atomic mass is 16.5. The Bertz CT molecular complexity index is 754. The molecule has 0 aliphatic heterocycles. The fourth-order valence-electron chi connectivity index (χ4n) is 3.10. The maximum atomic E-state index is 12.9. The normalized spacial score (nSPS) is 14.0. The molecule has 0 aliphatic rings. The van der Waals surface area contributed by atoms with Crippen LogP contribution < -0.4 is 4.74 Å². The van der Waals surface area contributed by atoms with Gasteiger partial charge in [-0.2, -0.15) is 0 Å². The number of Topliss-reactive ketones (excluding diaryl/α,β-unsaturated/α-hetero) is 1. The zero-order valence-electron chi connectivity index (χ0n) is 16.9. The average Bonchev–Trinajstić information content (AvgIpc) is 2.74. The summed E-state index contributed by atoms with van der Waals surface area (Å²) in [7, 11) is 2.95. The molecule has 3 atom stereocenters. The zero-order chi connectivity index (χ0) is 20.5. The summed E-state index contributed by atoms with van der Waals surface area (Å²) < 4.78 is 16.1. The minimum Gasteiger partial charge on any atom is -0.497 e. The second-order valence-corrected chi connectivity index (χ2v) is 6.85. The SMILES string of the molecule is COC(=O)[C@H](C)[C@H](OCc1ccccc1)[C@H](C)C(=O)Cc1ccc(OC)cc1. The topological polar surface area (TPSA) is 61.8 Å². The number of hydrogen-bond donors (Lipinski definition) is 0. The van der Waals surface area contributed by atoms with Crippen LogP contribution in [-0.4, -0.2) is 32.1 Å². The fourth-order valence-corrected chi connectivity index (χ4v) is 3.10. The quantitative estimate of drug-likeness (QED) is 0.583. The summed E-state index contributed by atoms with van der Waals surface area (Å²) >= 11 is 0. The van der Waals surface area contributed by atoms with Gasteiger partial charge in [0.1, 0.15) is 11.5 Å². The first kappa shape index (κ1) is 21.6. The van der Waals surface area contributed by atoms with Crippen LogP contribution >= 0.6 is 0 Å². The number of hydrogen-bond acceptors (Lipinski definition) is 5. The van der Waals surface area contributed by atoms with Crippen LogP contribution in [0.2, 0.25) is 0 Å². The van der Waals surface area contributed by atoms with E-state index in [1.807, 2.05) is 54.6 Å². The van der Waals surface area contributed by atoms with Gasteiger partial charge in [0.2, 0.25) is 0 Å². The molecule has 0 bridgehead atoms. The van der Waals surface area contributed by atoms with Crippen molar-refractivity contribution >= 4 is 11.8 Å². The molecule has 0 saturated carbocycles. The molecule has 0 spiro atoms. The first-order valence-electron chi connectivity index (χ1n) is 9.35. The molecular formula is C23H28O5. The first-order chi connectivity index (χ1) is 13.5. The molecule has 150 valence electrons. The van der Waals surface area contributed by atoms with Gasteiger partial charge in [0.05, 0.1) is 32.8 Å². The predicted octanol–water partition coefficient (Wildman–Crippen LogP) is 3.84. The number of rotatable bonds is 10. The van der Waals surface area contributed by atoms with Crippen LogP contribution in [0, 0.1) is 11.8 Å². The molecule has 2 aromatic rings. The lowest BCUT2D eigenvalue weighted by Gasteiger charge is -2.27. The largest absolute Gasteiger partial charge is 0.497 e. The van der Waals surface area contributed by atoms with E-state index in [0.29, 0.717) is 6.61 Å². The number of benzene rings is 2. The molecule has 5 heteroatoms. The van der Waals surface area contributed by atoms with E-state index in [9.17, 15) is 9.59 Å². The molecule has 28 heavy (non-hydrogen) atoms. The Hall–Kier alpha value is -2.66. The summed E-state index contributed by atoms with van der Waals surface area (Å²) in [5.74, 6) is -0.641. The van der Waals surface area contributed by atoms with Gasteiger partial charge < -0.3 is 14.2 Å². The van der Waals surface area contributed by atoms with E-state index in [4.69, 9.17) is 14.2 Å². The van der Waals surface area contributed by atoms with Crippen molar-refractivity contribution in [2.24, 2.45) is 11.8 Å². The van der Waals surface area contributed by atoms with Gasteiger partial charge in [0.15, 0.2) is 0 Å². The Morgan fingerprint density at radius 3 is 2.07 bits per heavy atom. The lowest BCUT2D eigenvalue weighted by molar-refractivity contribution is -0.154. The summed E-state index contributed by atoms with van der Waals surface area (Å²) in [6, 6.07) is 17.1. The lowest BCUT2D eigenvalue weighted by atomic mass is 9.87. The third-order valence-electron chi connectivity index (χ3n) is 4.89. The predicted molar refractivity (Wildman–Crippen MR) is 107 cm³/mol. The van der Waals surface area contributed by atoms with Crippen molar-refractivity contribution < 1.29 is 23.8 Å². The van der Waals surface area contributed by atoms with Gasteiger partial charge >= 0.3 is 5.97 Å². The minimum atomic E-state index is -0.571. The molecule has 0 aliphatic carbocycles. The van der Waals surface area contributed by atoms with Crippen LogP contribution in [0.5, 0.6) is 5.75 Å². The smallest absolute Gasteiger partial charge is 0.311 e. The third-order valence-corrected chi connectivity index (χ3v) is 4.89. The van der Waals surface area contributed by atoms with Gasteiger partial charge in [-0.05, 0) is 30.2 Å². The van der Waals surface area contributed by atoms with Crippen molar-refractivity contribution in [3.63, 3.8) is 0 Å². The van der Waals surface area contributed by atoms with Crippen LogP contribution in [0.3, 0.4) is 0 Å². The van der Waals surface area contributed by atoms with Gasteiger partial charge in [-0.15, -0.1) is 0 Å². The summed E-state index contributed by atoms with van der Waals surface area (Å²) in [6.45, 7) is 3.87. The highest BCUT2D eigenvalue weighted by Crippen LogP contribution is 2.23. The summed E-state index contributed by atoms with van der Waals surface area (Å²) in [4.78, 5) is 25.0. The Morgan fingerprint density at radius 1 is 0.857 bits per heavy atom. The van der Waals surface area contributed by atoms with E-state index >= 15 is 0 Å². The summed E-state index contributed by atoms with van der Waals surface area (Å²) in [5.41, 5.74) is 1.88. The van der Waals surface area contributed by atoms with Crippen LogP contribution in [0.1, 0.15) is 25.0 Å². The summed E-state index contributed by atoms with van der Waals surface area (Å²) in [6.07, 6.45) is -0.303. The first-order valence-corrected chi connectivity index (χ1v) is 9.35. The molecule has 0 fully saturated rings. The molecule has 0 unspecified atom stereocenters. The van der Waals surface area contributed by atoms with Gasteiger partial charge in [0, 0.05) is 12.3 Å². The van der Waals surface area contributed by atoms with Crippen LogP contribution in [0.4, 0.5) is 0 Å². The van der Waals surface area contributed by atoms with Crippen molar-refractivity contribution in [1.29, 1.82) is 0 Å².